The van der Waals surface area contributed by atoms with Gasteiger partial charge in [-0.2, -0.15) is 0 Å². The Morgan fingerprint density at radius 1 is 1.18 bits per heavy atom. The highest BCUT2D eigenvalue weighted by atomic mass is 79.9. The lowest BCUT2D eigenvalue weighted by Gasteiger charge is -2.07. The normalized spacial score (nSPS) is 9.82. The van der Waals surface area contributed by atoms with Crippen molar-refractivity contribution in [3.63, 3.8) is 0 Å². The van der Waals surface area contributed by atoms with Crippen molar-refractivity contribution in [2.75, 3.05) is 7.11 Å². The molecule has 60 valence electrons. The van der Waals surface area contributed by atoms with Gasteiger partial charge in [-0.3, -0.25) is 0 Å². The maximum absolute atomic E-state index is 5.16. The first kappa shape index (κ1) is 8.60. The SMILES string of the molecule is COc1ccc(Br)c(C)c1C. The van der Waals surface area contributed by atoms with Gasteiger partial charge in [0, 0.05) is 4.47 Å². The maximum Gasteiger partial charge on any atom is 0.122 e. The molecule has 0 fully saturated rings. The molecule has 0 aliphatic rings. The van der Waals surface area contributed by atoms with E-state index in [1.165, 1.54) is 11.1 Å². The Labute approximate surface area is 75.5 Å². The van der Waals surface area contributed by atoms with Crippen LogP contribution in [0.5, 0.6) is 5.75 Å². The largest absolute Gasteiger partial charge is 0.496 e. The first-order chi connectivity index (χ1) is 5.16. The molecule has 1 rings (SSSR count). The van der Waals surface area contributed by atoms with E-state index in [4.69, 9.17) is 4.74 Å². The lowest BCUT2D eigenvalue weighted by atomic mass is 10.1. The minimum absolute atomic E-state index is 0.950. The first-order valence-corrected chi connectivity index (χ1v) is 4.26. The Bertz CT molecular complexity index is 269. The molecule has 2 heteroatoms. The van der Waals surface area contributed by atoms with E-state index in [0.29, 0.717) is 0 Å². The van der Waals surface area contributed by atoms with Crippen LogP contribution in [-0.4, -0.2) is 7.11 Å². The Morgan fingerprint density at radius 3 is 2.36 bits per heavy atom. The number of hydrogen-bond acceptors (Lipinski definition) is 1. The molecule has 0 unspecified atom stereocenters. The number of benzene rings is 1. The average molecular weight is 215 g/mol. The topological polar surface area (TPSA) is 9.23 Å². The Morgan fingerprint density at radius 2 is 1.82 bits per heavy atom. The van der Waals surface area contributed by atoms with E-state index in [2.05, 4.69) is 29.8 Å². The van der Waals surface area contributed by atoms with Crippen LogP contribution < -0.4 is 4.74 Å². The predicted octanol–water partition coefficient (Wildman–Crippen LogP) is 3.07. The smallest absolute Gasteiger partial charge is 0.122 e. The van der Waals surface area contributed by atoms with Crippen molar-refractivity contribution in [3.8, 4) is 5.75 Å². The number of halogens is 1. The molecule has 1 nitrogen and oxygen atoms in total. The lowest BCUT2D eigenvalue weighted by Crippen LogP contribution is -1.89. The second kappa shape index (κ2) is 3.26. The minimum Gasteiger partial charge on any atom is -0.496 e. The third-order valence-electron chi connectivity index (χ3n) is 1.89. The second-order valence-corrected chi connectivity index (χ2v) is 3.35. The standard InChI is InChI=1S/C9H11BrO/c1-6-7(2)9(11-3)5-4-8(6)10/h4-5H,1-3H3. The molecule has 1 aromatic rings. The number of hydrogen-bond donors (Lipinski definition) is 0. The van der Waals surface area contributed by atoms with Crippen LogP contribution in [0, 0.1) is 13.8 Å². The van der Waals surface area contributed by atoms with Crippen LogP contribution in [-0.2, 0) is 0 Å². The fourth-order valence-electron chi connectivity index (χ4n) is 0.984. The monoisotopic (exact) mass is 214 g/mol. The van der Waals surface area contributed by atoms with Crippen molar-refractivity contribution < 1.29 is 4.74 Å². The lowest BCUT2D eigenvalue weighted by molar-refractivity contribution is 0.411. The van der Waals surface area contributed by atoms with Crippen LogP contribution in [0.4, 0.5) is 0 Å². The summed E-state index contributed by atoms with van der Waals surface area (Å²) in [7, 11) is 1.69. The van der Waals surface area contributed by atoms with Gasteiger partial charge >= 0.3 is 0 Å². The summed E-state index contributed by atoms with van der Waals surface area (Å²) in [5, 5.41) is 0. The first-order valence-electron chi connectivity index (χ1n) is 3.46. The van der Waals surface area contributed by atoms with E-state index in [1.807, 2.05) is 12.1 Å². The number of ether oxygens (including phenoxy) is 1. The fourth-order valence-corrected chi connectivity index (χ4v) is 1.41. The molecule has 0 saturated heterocycles. The summed E-state index contributed by atoms with van der Waals surface area (Å²) in [5.41, 5.74) is 2.44. The number of rotatable bonds is 1. The van der Waals surface area contributed by atoms with Crippen LogP contribution in [0.2, 0.25) is 0 Å². The molecular formula is C9H11BrO. The molecule has 0 aromatic heterocycles. The van der Waals surface area contributed by atoms with Gasteiger partial charge in [-0.25, -0.2) is 0 Å². The molecule has 0 heterocycles. The van der Waals surface area contributed by atoms with Crippen molar-refractivity contribution in [3.05, 3.63) is 27.7 Å². The summed E-state index contributed by atoms with van der Waals surface area (Å²) >= 11 is 3.45. The third-order valence-corrected chi connectivity index (χ3v) is 2.75. The molecule has 0 atom stereocenters. The summed E-state index contributed by atoms with van der Waals surface area (Å²) in [6, 6.07) is 3.97. The summed E-state index contributed by atoms with van der Waals surface area (Å²) in [6.45, 7) is 4.13. The van der Waals surface area contributed by atoms with Crippen LogP contribution in [0.1, 0.15) is 11.1 Å². The Balaban J connectivity index is 3.25. The molecule has 0 N–H and O–H groups in total. The van der Waals surface area contributed by atoms with E-state index >= 15 is 0 Å². The Kier molecular flexibility index (Phi) is 2.55. The molecule has 0 saturated carbocycles. The van der Waals surface area contributed by atoms with Crippen molar-refractivity contribution in [1.82, 2.24) is 0 Å². The molecule has 0 radical (unpaired) electrons. The quantitative estimate of drug-likeness (QED) is 0.699. The zero-order valence-electron chi connectivity index (χ0n) is 6.94. The van der Waals surface area contributed by atoms with Gasteiger partial charge in [-0.15, -0.1) is 0 Å². The molecule has 11 heavy (non-hydrogen) atoms. The molecule has 0 aliphatic carbocycles. The summed E-state index contributed by atoms with van der Waals surface area (Å²) in [5.74, 6) is 0.950. The van der Waals surface area contributed by atoms with Crippen LogP contribution in [0.15, 0.2) is 16.6 Å². The van der Waals surface area contributed by atoms with Crippen molar-refractivity contribution in [2.24, 2.45) is 0 Å². The van der Waals surface area contributed by atoms with Gasteiger partial charge in [-0.1, -0.05) is 15.9 Å². The van der Waals surface area contributed by atoms with Crippen LogP contribution >= 0.6 is 15.9 Å². The highest BCUT2D eigenvalue weighted by Gasteiger charge is 2.02. The van der Waals surface area contributed by atoms with E-state index < -0.39 is 0 Å². The van der Waals surface area contributed by atoms with Crippen molar-refractivity contribution >= 4 is 15.9 Å². The van der Waals surface area contributed by atoms with Gasteiger partial charge in [0.2, 0.25) is 0 Å². The second-order valence-electron chi connectivity index (χ2n) is 2.50. The van der Waals surface area contributed by atoms with Gasteiger partial charge in [0.1, 0.15) is 5.75 Å². The van der Waals surface area contributed by atoms with Crippen LogP contribution in [0.25, 0.3) is 0 Å². The fraction of sp³-hybridized carbons (Fsp3) is 0.333. The van der Waals surface area contributed by atoms with Crippen LogP contribution in [0.3, 0.4) is 0 Å². The van der Waals surface area contributed by atoms with E-state index in [1.54, 1.807) is 7.11 Å². The highest BCUT2D eigenvalue weighted by Crippen LogP contribution is 2.26. The highest BCUT2D eigenvalue weighted by molar-refractivity contribution is 9.10. The Hall–Kier alpha value is -0.500. The van der Waals surface area contributed by atoms with Crippen molar-refractivity contribution in [1.29, 1.82) is 0 Å². The zero-order valence-corrected chi connectivity index (χ0v) is 8.53. The van der Waals surface area contributed by atoms with E-state index in [9.17, 15) is 0 Å². The molecule has 0 spiro atoms. The van der Waals surface area contributed by atoms with E-state index in [0.717, 1.165) is 10.2 Å². The predicted molar refractivity (Wildman–Crippen MR) is 50.2 cm³/mol. The minimum atomic E-state index is 0.950. The van der Waals surface area contributed by atoms with Gasteiger partial charge in [0.05, 0.1) is 7.11 Å². The van der Waals surface area contributed by atoms with Gasteiger partial charge in [0.15, 0.2) is 0 Å². The average Bonchev–Trinajstić information content (AvgIpc) is 2.01. The summed E-state index contributed by atoms with van der Waals surface area (Å²) < 4.78 is 6.29. The van der Waals surface area contributed by atoms with Gasteiger partial charge in [0.25, 0.3) is 0 Å². The maximum atomic E-state index is 5.16. The van der Waals surface area contributed by atoms with Crippen molar-refractivity contribution in [2.45, 2.75) is 13.8 Å². The molecular weight excluding hydrogens is 204 g/mol. The molecule has 1 aromatic carbocycles. The molecule has 0 bridgehead atoms. The number of methoxy groups -OCH3 is 1. The summed E-state index contributed by atoms with van der Waals surface area (Å²) in [6.07, 6.45) is 0. The van der Waals surface area contributed by atoms with Gasteiger partial charge < -0.3 is 4.74 Å². The molecule has 0 amide bonds. The van der Waals surface area contributed by atoms with Gasteiger partial charge in [-0.05, 0) is 37.1 Å². The molecule has 0 aliphatic heterocycles. The van der Waals surface area contributed by atoms with E-state index in [-0.39, 0.29) is 0 Å². The summed E-state index contributed by atoms with van der Waals surface area (Å²) in [4.78, 5) is 0. The third kappa shape index (κ3) is 1.56. The zero-order chi connectivity index (χ0) is 8.43.